The van der Waals surface area contributed by atoms with Crippen molar-refractivity contribution in [2.24, 2.45) is 5.92 Å². The van der Waals surface area contributed by atoms with Gasteiger partial charge in [-0.05, 0) is 38.4 Å². The van der Waals surface area contributed by atoms with E-state index < -0.39 is 0 Å². The van der Waals surface area contributed by atoms with Gasteiger partial charge in [0.1, 0.15) is 5.76 Å². The summed E-state index contributed by atoms with van der Waals surface area (Å²) >= 11 is 0. The zero-order chi connectivity index (χ0) is 10.7. The van der Waals surface area contributed by atoms with Crippen LogP contribution in [0.4, 0.5) is 5.88 Å². The van der Waals surface area contributed by atoms with E-state index in [0.717, 1.165) is 25.3 Å². The fourth-order valence-electron chi connectivity index (χ4n) is 1.84. The second-order valence-electron chi connectivity index (χ2n) is 4.02. The Morgan fingerprint density at radius 2 is 2.53 bits per heavy atom. The molecule has 4 nitrogen and oxygen atoms in total. The van der Waals surface area contributed by atoms with E-state index in [1.54, 1.807) is 6.07 Å². The number of amides is 1. The first-order valence-corrected chi connectivity index (χ1v) is 5.31. The Morgan fingerprint density at radius 1 is 1.67 bits per heavy atom. The van der Waals surface area contributed by atoms with E-state index in [-0.39, 0.29) is 5.91 Å². The first-order valence-electron chi connectivity index (χ1n) is 5.31. The van der Waals surface area contributed by atoms with Crippen LogP contribution in [0.25, 0.3) is 0 Å². The number of hydrogen-bond donors (Lipinski definition) is 2. The Kier molecular flexibility index (Phi) is 3.06. The van der Waals surface area contributed by atoms with Crippen molar-refractivity contribution < 1.29 is 9.21 Å². The average Bonchev–Trinajstić information content (AvgIpc) is 2.77. The monoisotopic (exact) mass is 208 g/mol. The molecule has 82 valence electrons. The van der Waals surface area contributed by atoms with Crippen molar-refractivity contribution in [3.05, 3.63) is 17.9 Å². The molecule has 1 aliphatic rings. The lowest BCUT2D eigenvalue weighted by Crippen LogP contribution is -2.18. The summed E-state index contributed by atoms with van der Waals surface area (Å²) in [6.07, 6.45) is 1.66. The standard InChI is InChI=1S/C11H16N2O2/c1-8-2-3-11(15-8)13-10(14)6-9-4-5-12-7-9/h2-3,9,12H,4-7H2,1H3,(H,13,14). The number of rotatable bonds is 3. The summed E-state index contributed by atoms with van der Waals surface area (Å²) in [4.78, 5) is 11.6. The van der Waals surface area contributed by atoms with Crippen molar-refractivity contribution in [3.63, 3.8) is 0 Å². The third kappa shape index (κ3) is 2.83. The molecule has 0 radical (unpaired) electrons. The maximum Gasteiger partial charge on any atom is 0.227 e. The largest absolute Gasteiger partial charge is 0.446 e. The van der Waals surface area contributed by atoms with Crippen LogP contribution >= 0.6 is 0 Å². The second-order valence-corrected chi connectivity index (χ2v) is 4.02. The zero-order valence-corrected chi connectivity index (χ0v) is 8.88. The highest BCUT2D eigenvalue weighted by Gasteiger charge is 2.18. The smallest absolute Gasteiger partial charge is 0.227 e. The van der Waals surface area contributed by atoms with E-state index >= 15 is 0 Å². The van der Waals surface area contributed by atoms with Gasteiger partial charge in [-0.25, -0.2) is 0 Å². The van der Waals surface area contributed by atoms with Crippen LogP contribution in [0.5, 0.6) is 0 Å². The Bertz CT molecular complexity index is 340. The summed E-state index contributed by atoms with van der Waals surface area (Å²) < 4.78 is 5.27. The molecular weight excluding hydrogens is 192 g/mol. The summed E-state index contributed by atoms with van der Waals surface area (Å²) in [5, 5.41) is 6.00. The molecule has 1 saturated heterocycles. The number of anilines is 1. The van der Waals surface area contributed by atoms with Crippen LogP contribution in [0.15, 0.2) is 16.5 Å². The van der Waals surface area contributed by atoms with E-state index in [0.29, 0.717) is 18.2 Å². The first-order chi connectivity index (χ1) is 7.24. The molecule has 1 fully saturated rings. The second kappa shape index (κ2) is 4.49. The fraction of sp³-hybridized carbons (Fsp3) is 0.545. The lowest BCUT2D eigenvalue weighted by Gasteiger charge is -2.06. The summed E-state index contributed by atoms with van der Waals surface area (Å²) in [6, 6.07) is 3.62. The van der Waals surface area contributed by atoms with Crippen molar-refractivity contribution in [3.8, 4) is 0 Å². The number of carbonyl (C=O) groups excluding carboxylic acids is 1. The highest BCUT2D eigenvalue weighted by atomic mass is 16.4. The lowest BCUT2D eigenvalue weighted by atomic mass is 10.1. The minimum atomic E-state index is 0.0399. The van der Waals surface area contributed by atoms with Gasteiger partial charge in [0.25, 0.3) is 0 Å². The molecule has 2 N–H and O–H groups in total. The van der Waals surface area contributed by atoms with Crippen molar-refractivity contribution >= 4 is 11.8 Å². The molecule has 1 atom stereocenters. The highest BCUT2D eigenvalue weighted by molar-refractivity contribution is 5.89. The van der Waals surface area contributed by atoms with E-state index in [4.69, 9.17) is 4.42 Å². The Balaban J connectivity index is 1.81. The number of nitrogens with one attached hydrogen (secondary N) is 2. The van der Waals surface area contributed by atoms with Gasteiger partial charge in [0.05, 0.1) is 0 Å². The number of carbonyl (C=O) groups is 1. The normalized spacial score (nSPS) is 20.5. The van der Waals surface area contributed by atoms with Crippen LogP contribution in [0.3, 0.4) is 0 Å². The van der Waals surface area contributed by atoms with Crippen molar-refractivity contribution in [1.82, 2.24) is 5.32 Å². The maximum absolute atomic E-state index is 11.6. The summed E-state index contributed by atoms with van der Waals surface area (Å²) in [5.41, 5.74) is 0. The molecule has 15 heavy (non-hydrogen) atoms. The third-order valence-corrected chi connectivity index (χ3v) is 2.64. The Morgan fingerprint density at radius 3 is 3.13 bits per heavy atom. The highest BCUT2D eigenvalue weighted by Crippen LogP contribution is 2.15. The van der Waals surface area contributed by atoms with Crippen molar-refractivity contribution in [2.75, 3.05) is 18.4 Å². The molecule has 1 aliphatic heterocycles. The van der Waals surface area contributed by atoms with Crippen molar-refractivity contribution in [1.29, 1.82) is 0 Å². The minimum Gasteiger partial charge on any atom is -0.446 e. The number of furan rings is 1. The first kappa shape index (κ1) is 10.2. The molecule has 2 rings (SSSR count). The van der Waals surface area contributed by atoms with Crippen LogP contribution in [-0.4, -0.2) is 19.0 Å². The van der Waals surface area contributed by atoms with Crippen LogP contribution in [0.1, 0.15) is 18.6 Å². The minimum absolute atomic E-state index is 0.0399. The van der Waals surface area contributed by atoms with Crippen molar-refractivity contribution in [2.45, 2.75) is 19.8 Å². The van der Waals surface area contributed by atoms with Gasteiger partial charge in [0.2, 0.25) is 5.91 Å². The van der Waals surface area contributed by atoms with Gasteiger partial charge < -0.3 is 9.73 Å². The van der Waals surface area contributed by atoms with Gasteiger partial charge in [-0.1, -0.05) is 0 Å². The molecule has 0 aromatic carbocycles. The van der Waals surface area contributed by atoms with Crippen LogP contribution in [-0.2, 0) is 4.79 Å². The van der Waals surface area contributed by atoms with E-state index in [2.05, 4.69) is 10.6 Å². The molecule has 4 heteroatoms. The predicted molar refractivity (Wildman–Crippen MR) is 57.7 cm³/mol. The molecule has 0 bridgehead atoms. The Labute approximate surface area is 89.0 Å². The molecule has 1 amide bonds. The molecule has 0 spiro atoms. The molecule has 1 unspecified atom stereocenters. The van der Waals surface area contributed by atoms with E-state index in [1.807, 2.05) is 13.0 Å². The number of hydrogen-bond acceptors (Lipinski definition) is 3. The topological polar surface area (TPSA) is 54.3 Å². The molecule has 0 saturated carbocycles. The predicted octanol–water partition coefficient (Wildman–Crippen LogP) is 1.53. The molecular formula is C11H16N2O2. The van der Waals surface area contributed by atoms with Gasteiger partial charge in [-0.3, -0.25) is 10.1 Å². The summed E-state index contributed by atoms with van der Waals surface area (Å²) in [5.74, 6) is 1.87. The SMILES string of the molecule is Cc1ccc(NC(=O)CC2CCNC2)o1. The third-order valence-electron chi connectivity index (χ3n) is 2.64. The molecule has 1 aromatic heterocycles. The summed E-state index contributed by atoms with van der Waals surface area (Å²) in [6.45, 7) is 3.83. The fourth-order valence-corrected chi connectivity index (χ4v) is 1.84. The maximum atomic E-state index is 11.6. The van der Waals surface area contributed by atoms with Gasteiger partial charge in [0.15, 0.2) is 5.88 Å². The van der Waals surface area contributed by atoms with Crippen LogP contribution in [0.2, 0.25) is 0 Å². The lowest BCUT2D eigenvalue weighted by molar-refractivity contribution is -0.117. The van der Waals surface area contributed by atoms with Crippen LogP contribution < -0.4 is 10.6 Å². The van der Waals surface area contributed by atoms with Crippen LogP contribution in [0, 0.1) is 12.8 Å². The quantitative estimate of drug-likeness (QED) is 0.792. The molecule has 2 heterocycles. The van der Waals surface area contributed by atoms with E-state index in [1.165, 1.54) is 0 Å². The Hall–Kier alpha value is -1.29. The van der Waals surface area contributed by atoms with Gasteiger partial charge in [0, 0.05) is 12.5 Å². The summed E-state index contributed by atoms with van der Waals surface area (Å²) in [7, 11) is 0. The van der Waals surface area contributed by atoms with Gasteiger partial charge in [-0.2, -0.15) is 0 Å². The van der Waals surface area contributed by atoms with Gasteiger partial charge in [-0.15, -0.1) is 0 Å². The number of aryl methyl sites for hydroxylation is 1. The van der Waals surface area contributed by atoms with Gasteiger partial charge >= 0.3 is 0 Å². The molecule has 1 aromatic rings. The molecule has 0 aliphatic carbocycles. The van der Waals surface area contributed by atoms with E-state index in [9.17, 15) is 4.79 Å². The zero-order valence-electron chi connectivity index (χ0n) is 8.88. The average molecular weight is 208 g/mol.